The maximum absolute atomic E-state index is 12.6. The van der Waals surface area contributed by atoms with Crippen LogP contribution in [-0.2, 0) is 0 Å². The standard InChI is InChI=1S/C16H25N3O/c1-3-11-17-15-10-7-9-14(18-15)16(20)19-12-6-4-5-8-13(19)2/h7,9-10,13H,3-6,8,11-12H2,1-2H3,(H,17,18). The van der Waals surface area contributed by atoms with E-state index in [-0.39, 0.29) is 5.91 Å². The van der Waals surface area contributed by atoms with Gasteiger partial charge in [0.2, 0.25) is 0 Å². The molecule has 20 heavy (non-hydrogen) atoms. The number of carbonyl (C=O) groups is 1. The second-order valence-electron chi connectivity index (χ2n) is 5.53. The van der Waals surface area contributed by atoms with Crippen molar-refractivity contribution in [3.05, 3.63) is 23.9 Å². The van der Waals surface area contributed by atoms with Crippen LogP contribution in [0, 0.1) is 0 Å². The van der Waals surface area contributed by atoms with Crippen LogP contribution in [0.15, 0.2) is 18.2 Å². The van der Waals surface area contributed by atoms with E-state index < -0.39 is 0 Å². The van der Waals surface area contributed by atoms with Crippen LogP contribution in [0.4, 0.5) is 5.82 Å². The lowest BCUT2D eigenvalue weighted by Gasteiger charge is -2.26. The van der Waals surface area contributed by atoms with Crippen molar-refractivity contribution in [1.29, 1.82) is 0 Å². The Morgan fingerprint density at radius 1 is 1.40 bits per heavy atom. The summed E-state index contributed by atoms with van der Waals surface area (Å²) in [4.78, 5) is 19.1. The number of nitrogens with zero attached hydrogens (tertiary/aromatic N) is 2. The Hall–Kier alpha value is -1.58. The number of pyridine rings is 1. The first-order valence-corrected chi connectivity index (χ1v) is 7.74. The highest BCUT2D eigenvalue weighted by Crippen LogP contribution is 2.19. The zero-order chi connectivity index (χ0) is 14.4. The molecule has 4 nitrogen and oxygen atoms in total. The van der Waals surface area contributed by atoms with E-state index in [0.717, 1.165) is 38.2 Å². The van der Waals surface area contributed by atoms with E-state index in [0.29, 0.717) is 11.7 Å². The highest BCUT2D eigenvalue weighted by molar-refractivity contribution is 5.92. The molecule has 2 heterocycles. The monoisotopic (exact) mass is 275 g/mol. The lowest BCUT2D eigenvalue weighted by atomic mass is 10.1. The van der Waals surface area contributed by atoms with E-state index >= 15 is 0 Å². The Labute approximate surface area is 121 Å². The highest BCUT2D eigenvalue weighted by Gasteiger charge is 2.23. The van der Waals surface area contributed by atoms with Gasteiger partial charge >= 0.3 is 0 Å². The van der Waals surface area contributed by atoms with Crippen LogP contribution in [-0.4, -0.2) is 34.9 Å². The molecule has 0 bridgehead atoms. The highest BCUT2D eigenvalue weighted by atomic mass is 16.2. The van der Waals surface area contributed by atoms with Gasteiger partial charge in [0.25, 0.3) is 5.91 Å². The van der Waals surface area contributed by atoms with Gasteiger partial charge in [-0.1, -0.05) is 25.8 Å². The molecule has 4 heteroatoms. The summed E-state index contributed by atoms with van der Waals surface area (Å²) in [5.41, 5.74) is 0.555. The molecule has 1 atom stereocenters. The summed E-state index contributed by atoms with van der Waals surface area (Å²) in [7, 11) is 0. The Morgan fingerprint density at radius 3 is 3.05 bits per heavy atom. The van der Waals surface area contributed by atoms with Crippen LogP contribution in [0.2, 0.25) is 0 Å². The fraction of sp³-hybridized carbons (Fsp3) is 0.625. The predicted octanol–water partition coefficient (Wildman–Crippen LogP) is 3.31. The van der Waals surface area contributed by atoms with Gasteiger partial charge in [0.1, 0.15) is 11.5 Å². The second kappa shape index (κ2) is 7.27. The van der Waals surface area contributed by atoms with Crippen molar-refractivity contribution in [2.75, 3.05) is 18.4 Å². The fourth-order valence-corrected chi connectivity index (χ4v) is 2.63. The number of anilines is 1. The third-order valence-corrected chi connectivity index (χ3v) is 3.84. The van der Waals surface area contributed by atoms with Gasteiger partial charge in [-0.05, 0) is 38.3 Å². The molecular weight excluding hydrogens is 250 g/mol. The van der Waals surface area contributed by atoms with Gasteiger partial charge in [-0.3, -0.25) is 4.79 Å². The minimum atomic E-state index is 0.0690. The first-order valence-electron chi connectivity index (χ1n) is 7.74. The molecule has 0 aliphatic carbocycles. The number of aromatic nitrogens is 1. The van der Waals surface area contributed by atoms with Gasteiger partial charge in [-0.2, -0.15) is 0 Å². The molecule has 0 saturated carbocycles. The molecule has 110 valence electrons. The summed E-state index contributed by atoms with van der Waals surface area (Å²) in [6.07, 6.45) is 5.68. The number of rotatable bonds is 4. The lowest BCUT2D eigenvalue weighted by Crippen LogP contribution is -2.38. The molecule has 1 aliphatic rings. The Morgan fingerprint density at radius 2 is 2.25 bits per heavy atom. The van der Waals surface area contributed by atoms with E-state index in [1.807, 2.05) is 23.1 Å². The number of carbonyl (C=O) groups excluding carboxylic acids is 1. The zero-order valence-corrected chi connectivity index (χ0v) is 12.6. The molecule has 1 amide bonds. The van der Waals surface area contributed by atoms with Crippen molar-refractivity contribution in [1.82, 2.24) is 9.88 Å². The molecule has 1 fully saturated rings. The fourth-order valence-electron chi connectivity index (χ4n) is 2.63. The van der Waals surface area contributed by atoms with Gasteiger partial charge in [0.15, 0.2) is 0 Å². The summed E-state index contributed by atoms with van der Waals surface area (Å²) in [5, 5.41) is 3.23. The molecule has 1 unspecified atom stereocenters. The number of likely N-dealkylation sites (tertiary alicyclic amines) is 1. The van der Waals surface area contributed by atoms with E-state index in [1.165, 1.54) is 12.8 Å². The van der Waals surface area contributed by atoms with Crippen molar-refractivity contribution in [3.63, 3.8) is 0 Å². The number of hydrogen-bond acceptors (Lipinski definition) is 3. The van der Waals surface area contributed by atoms with E-state index in [2.05, 4.69) is 24.1 Å². The number of amides is 1. The molecule has 1 aromatic heterocycles. The summed E-state index contributed by atoms with van der Waals surface area (Å²) in [6.45, 7) is 5.99. The average Bonchev–Trinajstić information content (AvgIpc) is 2.69. The zero-order valence-electron chi connectivity index (χ0n) is 12.6. The normalized spacial score (nSPS) is 19.5. The van der Waals surface area contributed by atoms with Crippen molar-refractivity contribution in [2.24, 2.45) is 0 Å². The van der Waals surface area contributed by atoms with Crippen molar-refractivity contribution >= 4 is 11.7 Å². The summed E-state index contributed by atoms with van der Waals surface area (Å²) < 4.78 is 0. The number of nitrogens with one attached hydrogen (secondary N) is 1. The molecule has 1 aromatic rings. The first-order chi connectivity index (χ1) is 9.72. The second-order valence-corrected chi connectivity index (χ2v) is 5.53. The molecular formula is C16H25N3O. The molecule has 1 aliphatic heterocycles. The largest absolute Gasteiger partial charge is 0.370 e. The minimum Gasteiger partial charge on any atom is -0.370 e. The van der Waals surface area contributed by atoms with Gasteiger partial charge < -0.3 is 10.2 Å². The molecule has 1 saturated heterocycles. The summed E-state index contributed by atoms with van der Waals surface area (Å²) in [5.74, 6) is 0.861. The van der Waals surface area contributed by atoms with E-state index in [1.54, 1.807) is 0 Å². The topological polar surface area (TPSA) is 45.2 Å². The minimum absolute atomic E-state index is 0.0690. The van der Waals surface area contributed by atoms with Crippen molar-refractivity contribution < 1.29 is 4.79 Å². The van der Waals surface area contributed by atoms with Crippen LogP contribution >= 0.6 is 0 Å². The van der Waals surface area contributed by atoms with Gasteiger partial charge in [-0.15, -0.1) is 0 Å². The van der Waals surface area contributed by atoms with Gasteiger partial charge in [-0.25, -0.2) is 4.98 Å². The van der Waals surface area contributed by atoms with Crippen LogP contribution < -0.4 is 5.32 Å². The van der Waals surface area contributed by atoms with Gasteiger partial charge in [0.05, 0.1) is 0 Å². The molecule has 0 aromatic carbocycles. The Kier molecular flexibility index (Phi) is 5.39. The maximum Gasteiger partial charge on any atom is 0.272 e. The lowest BCUT2D eigenvalue weighted by molar-refractivity contribution is 0.0692. The third kappa shape index (κ3) is 3.71. The SMILES string of the molecule is CCCNc1cccc(C(=O)N2CCCCCC2C)n1. The summed E-state index contributed by atoms with van der Waals surface area (Å²) >= 11 is 0. The first kappa shape index (κ1) is 14.8. The molecule has 1 N–H and O–H groups in total. The van der Waals surface area contributed by atoms with E-state index in [9.17, 15) is 4.79 Å². The van der Waals surface area contributed by atoms with Crippen LogP contribution in [0.1, 0.15) is 56.4 Å². The average molecular weight is 275 g/mol. The van der Waals surface area contributed by atoms with Crippen molar-refractivity contribution in [2.45, 2.75) is 52.0 Å². The molecule has 0 spiro atoms. The smallest absolute Gasteiger partial charge is 0.272 e. The van der Waals surface area contributed by atoms with Crippen LogP contribution in [0.3, 0.4) is 0 Å². The predicted molar refractivity (Wildman–Crippen MR) is 82.0 cm³/mol. The van der Waals surface area contributed by atoms with Crippen LogP contribution in [0.5, 0.6) is 0 Å². The Balaban J connectivity index is 2.10. The van der Waals surface area contributed by atoms with Crippen LogP contribution in [0.25, 0.3) is 0 Å². The van der Waals surface area contributed by atoms with Gasteiger partial charge in [0, 0.05) is 19.1 Å². The third-order valence-electron chi connectivity index (χ3n) is 3.84. The van der Waals surface area contributed by atoms with E-state index in [4.69, 9.17) is 0 Å². The Bertz CT molecular complexity index is 447. The molecule has 0 radical (unpaired) electrons. The number of hydrogen-bond donors (Lipinski definition) is 1. The quantitative estimate of drug-likeness (QED) is 0.917. The van der Waals surface area contributed by atoms with Crippen molar-refractivity contribution in [3.8, 4) is 0 Å². The molecule has 2 rings (SSSR count). The summed E-state index contributed by atoms with van der Waals surface area (Å²) in [6, 6.07) is 5.95. The maximum atomic E-state index is 12.6.